The van der Waals surface area contributed by atoms with Gasteiger partial charge in [-0.1, -0.05) is 5.16 Å². The Kier molecular flexibility index (Phi) is 4.63. The Labute approximate surface area is 175 Å². The highest BCUT2D eigenvalue weighted by atomic mass is 16.5. The van der Waals surface area contributed by atoms with E-state index in [0.29, 0.717) is 35.3 Å². The third-order valence-electron chi connectivity index (χ3n) is 7.00. The molecule has 30 heavy (non-hydrogen) atoms. The van der Waals surface area contributed by atoms with E-state index in [4.69, 9.17) is 4.52 Å². The number of amides is 2. The maximum Gasteiger partial charge on any atom is 0.289 e. The molecule has 9 heteroatoms. The van der Waals surface area contributed by atoms with Crippen LogP contribution in [0.15, 0.2) is 4.52 Å². The summed E-state index contributed by atoms with van der Waals surface area (Å²) in [6.07, 6.45) is 5.99. The quantitative estimate of drug-likeness (QED) is 0.822. The number of hydrogen-bond acceptors (Lipinski definition) is 6. The Morgan fingerprint density at radius 2 is 1.97 bits per heavy atom. The fourth-order valence-electron chi connectivity index (χ4n) is 4.88. The Bertz CT molecular complexity index is 972. The molecule has 1 unspecified atom stereocenters. The minimum atomic E-state index is -0.127. The van der Waals surface area contributed by atoms with E-state index in [1.807, 2.05) is 16.4 Å². The van der Waals surface area contributed by atoms with Crippen molar-refractivity contribution in [2.24, 2.45) is 11.3 Å². The van der Waals surface area contributed by atoms with Gasteiger partial charge < -0.3 is 19.3 Å². The molecule has 2 aliphatic heterocycles. The van der Waals surface area contributed by atoms with Gasteiger partial charge in [0.1, 0.15) is 17.1 Å². The van der Waals surface area contributed by atoms with E-state index in [1.165, 1.54) is 12.8 Å². The smallest absolute Gasteiger partial charge is 0.289 e. The first-order valence-corrected chi connectivity index (χ1v) is 10.9. The van der Waals surface area contributed by atoms with Crippen LogP contribution in [0, 0.1) is 25.2 Å². The molecular formula is C21H28N6O3. The van der Waals surface area contributed by atoms with Crippen LogP contribution in [0.4, 0.5) is 0 Å². The van der Waals surface area contributed by atoms with Crippen molar-refractivity contribution in [1.82, 2.24) is 30.1 Å². The normalized spacial score (nSPS) is 23.5. The van der Waals surface area contributed by atoms with E-state index in [9.17, 15) is 9.59 Å². The number of fused-ring (bicyclic) bond motifs is 1. The SMILES string of the molecule is Cc1noc(C)c1C(=O)N1CCC2(CCc3nnc(C(=O)NCC4CC4)n3CC2)C1. The number of likely N-dealkylation sites (tertiary alicyclic amines) is 1. The van der Waals surface area contributed by atoms with Crippen LogP contribution in [0.3, 0.4) is 0 Å². The summed E-state index contributed by atoms with van der Waals surface area (Å²) in [5.41, 5.74) is 1.29. The predicted molar refractivity (Wildman–Crippen MR) is 107 cm³/mol. The van der Waals surface area contributed by atoms with Gasteiger partial charge in [0.05, 0.1) is 5.69 Å². The number of aryl methyl sites for hydroxylation is 3. The Balaban J connectivity index is 1.27. The van der Waals surface area contributed by atoms with Gasteiger partial charge in [-0.15, -0.1) is 10.2 Å². The fraction of sp³-hybridized carbons (Fsp3) is 0.667. The van der Waals surface area contributed by atoms with Crippen molar-refractivity contribution in [2.75, 3.05) is 19.6 Å². The zero-order valence-corrected chi connectivity index (χ0v) is 17.6. The molecule has 3 aliphatic rings. The molecule has 4 heterocycles. The minimum Gasteiger partial charge on any atom is -0.361 e. The van der Waals surface area contributed by atoms with E-state index in [-0.39, 0.29) is 17.2 Å². The fourth-order valence-corrected chi connectivity index (χ4v) is 4.88. The molecule has 0 aromatic carbocycles. The van der Waals surface area contributed by atoms with Crippen LogP contribution < -0.4 is 5.32 Å². The summed E-state index contributed by atoms with van der Waals surface area (Å²) in [6.45, 7) is 6.48. The first-order valence-electron chi connectivity index (χ1n) is 10.9. The van der Waals surface area contributed by atoms with Crippen molar-refractivity contribution in [3.05, 3.63) is 28.7 Å². The molecule has 0 bridgehead atoms. The highest BCUT2D eigenvalue weighted by Crippen LogP contribution is 2.41. The van der Waals surface area contributed by atoms with E-state index >= 15 is 0 Å². The largest absolute Gasteiger partial charge is 0.361 e. The standard InChI is InChI=1S/C21H28N6O3/c1-13-17(14(2)30-25-13)20(29)26-9-7-21(12-26)6-5-16-23-24-18(27(16)10-8-21)19(28)22-11-15-3-4-15/h15H,3-12H2,1-2H3,(H,22,28). The molecule has 1 aliphatic carbocycles. The second-order valence-corrected chi connectivity index (χ2v) is 9.17. The van der Waals surface area contributed by atoms with Gasteiger partial charge in [0.25, 0.3) is 11.8 Å². The third kappa shape index (κ3) is 3.40. The minimum absolute atomic E-state index is 0.00641. The summed E-state index contributed by atoms with van der Waals surface area (Å²) in [6, 6.07) is 0. The summed E-state index contributed by atoms with van der Waals surface area (Å²) in [7, 11) is 0. The van der Waals surface area contributed by atoms with Crippen LogP contribution in [0.5, 0.6) is 0 Å². The summed E-state index contributed by atoms with van der Waals surface area (Å²) in [4.78, 5) is 27.6. The molecule has 2 aromatic heterocycles. The number of nitrogens with zero attached hydrogens (tertiary/aromatic N) is 5. The molecule has 160 valence electrons. The Morgan fingerprint density at radius 1 is 1.17 bits per heavy atom. The van der Waals surface area contributed by atoms with Crippen molar-refractivity contribution in [1.29, 1.82) is 0 Å². The molecule has 0 radical (unpaired) electrons. The van der Waals surface area contributed by atoms with Gasteiger partial charge in [0, 0.05) is 32.6 Å². The zero-order chi connectivity index (χ0) is 20.9. The van der Waals surface area contributed by atoms with Gasteiger partial charge in [0.15, 0.2) is 0 Å². The molecule has 1 spiro atoms. The number of rotatable bonds is 4. The molecule has 5 rings (SSSR count). The van der Waals surface area contributed by atoms with E-state index in [0.717, 1.165) is 51.1 Å². The van der Waals surface area contributed by atoms with Crippen LogP contribution in [-0.2, 0) is 13.0 Å². The van der Waals surface area contributed by atoms with Crippen LogP contribution in [0.2, 0.25) is 0 Å². The number of nitrogens with one attached hydrogen (secondary N) is 1. The summed E-state index contributed by atoms with van der Waals surface area (Å²) >= 11 is 0. The average Bonchev–Trinajstić information content (AvgIpc) is 3.24. The van der Waals surface area contributed by atoms with Crippen LogP contribution in [0.1, 0.15) is 70.4 Å². The monoisotopic (exact) mass is 412 g/mol. The number of carbonyl (C=O) groups is 2. The second-order valence-electron chi connectivity index (χ2n) is 9.17. The van der Waals surface area contributed by atoms with E-state index in [1.54, 1.807) is 6.92 Å². The van der Waals surface area contributed by atoms with Gasteiger partial charge >= 0.3 is 0 Å². The van der Waals surface area contributed by atoms with Gasteiger partial charge in [-0.05, 0) is 57.3 Å². The number of carbonyl (C=O) groups excluding carboxylic acids is 2. The molecule has 1 saturated heterocycles. The molecular weight excluding hydrogens is 384 g/mol. The molecule has 9 nitrogen and oxygen atoms in total. The van der Waals surface area contributed by atoms with Gasteiger partial charge in [0.2, 0.25) is 5.82 Å². The van der Waals surface area contributed by atoms with Crippen molar-refractivity contribution in [2.45, 2.75) is 58.9 Å². The lowest BCUT2D eigenvalue weighted by atomic mass is 9.80. The van der Waals surface area contributed by atoms with Crippen molar-refractivity contribution < 1.29 is 14.1 Å². The molecule has 1 atom stereocenters. The second kappa shape index (κ2) is 7.21. The molecule has 2 amide bonds. The molecule has 1 N–H and O–H groups in total. The molecule has 2 fully saturated rings. The average molecular weight is 412 g/mol. The van der Waals surface area contributed by atoms with Crippen LogP contribution in [0.25, 0.3) is 0 Å². The van der Waals surface area contributed by atoms with E-state index in [2.05, 4.69) is 20.7 Å². The third-order valence-corrected chi connectivity index (χ3v) is 7.00. The highest BCUT2D eigenvalue weighted by molar-refractivity contribution is 5.96. The van der Waals surface area contributed by atoms with Crippen LogP contribution in [-0.4, -0.2) is 56.3 Å². The Hall–Kier alpha value is -2.71. The summed E-state index contributed by atoms with van der Waals surface area (Å²) < 4.78 is 7.17. The zero-order valence-electron chi connectivity index (χ0n) is 17.6. The van der Waals surface area contributed by atoms with Crippen LogP contribution >= 0.6 is 0 Å². The summed E-state index contributed by atoms with van der Waals surface area (Å²) in [5.74, 6) is 2.38. The highest BCUT2D eigenvalue weighted by Gasteiger charge is 2.42. The first-order chi connectivity index (χ1) is 14.5. The lowest BCUT2D eigenvalue weighted by molar-refractivity contribution is 0.0764. The predicted octanol–water partition coefficient (Wildman–Crippen LogP) is 1.89. The van der Waals surface area contributed by atoms with Gasteiger partial charge in [-0.2, -0.15) is 0 Å². The maximum absolute atomic E-state index is 13.1. The van der Waals surface area contributed by atoms with Crippen molar-refractivity contribution in [3.63, 3.8) is 0 Å². The molecule has 1 saturated carbocycles. The van der Waals surface area contributed by atoms with Crippen molar-refractivity contribution in [3.8, 4) is 0 Å². The van der Waals surface area contributed by atoms with Gasteiger partial charge in [-0.25, -0.2) is 0 Å². The number of hydrogen-bond donors (Lipinski definition) is 1. The maximum atomic E-state index is 13.1. The topological polar surface area (TPSA) is 106 Å². The molecule has 2 aromatic rings. The number of aromatic nitrogens is 4. The summed E-state index contributed by atoms with van der Waals surface area (Å²) in [5, 5.41) is 15.4. The lowest BCUT2D eigenvalue weighted by Gasteiger charge is -2.27. The van der Waals surface area contributed by atoms with Gasteiger partial charge in [-0.3, -0.25) is 9.59 Å². The Morgan fingerprint density at radius 3 is 2.70 bits per heavy atom. The first kappa shape index (κ1) is 19.3. The lowest BCUT2D eigenvalue weighted by Crippen LogP contribution is -2.33. The van der Waals surface area contributed by atoms with E-state index < -0.39 is 0 Å². The van der Waals surface area contributed by atoms with Crippen molar-refractivity contribution >= 4 is 11.8 Å².